The fourth-order valence-electron chi connectivity index (χ4n) is 2.65. The van der Waals surface area contributed by atoms with Crippen LogP contribution >= 0.6 is 0 Å². The third-order valence-corrected chi connectivity index (χ3v) is 3.70. The molecule has 20 heavy (non-hydrogen) atoms. The largest absolute Gasteiger partial charge is 0.326 e. The molecule has 2 aromatic carbocycles. The van der Waals surface area contributed by atoms with Gasteiger partial charge in [-0.3, -0.25) is 4.79 Å². The minimum absolute atomic E-state index is 0.112. The van der Waals surface area contributed by atoms with E-state index in [1.807, 2.05) is 12.1 Å². The average Bonchev–Trinajstić information content (AvgIpc) is 2.47. The highest BCUT2D eigenvalue weighted by molar-refractivity contribution is 5.93. The Kier molecular flexibility index (Phi) is 3.52. The van der Waals surface area contributed by atoms with Gasteiger partial charge in [0.05, 0.1) is 0 Å². The molecule has 102 valence electrons. The molecule has 0 aromatic heterocycles. The molecule has 3 rings (SSSR count). The molecule has 0 saturated carbocycles. The zero-order valence-electron chi connectivity index (χ0n) is 11.4. The Balaban J connectivity index is 1.82. The van der Waals surface area contributed by atoms with Crippen LogP contribution in [0.1, 0.15) is 28.7 Å². The molecule has 0 fully saturated rings. The van der Waals surface area contributed by atoms with Crippen molar-refractivity contribution in [2.75, 3.05) is 5.32 Å². The maximum absolute atomic E-state index is 11.3. The molecule has 2 aromatic rings. The number of hydrogen-bond donors (Lipinski definition) is 2. The lowest BCUT2D eigenvalue weighted by Crippen LogP contribution is -2.18. The lowest BCUT2D eigenvalue weighted by molar-refractivity contribution is -0.116. The fraction of sp³-hybridized carbons (Fsp3) is 0.235. The normalized spacial score (nSPS) is 13.8. The molecule has 1 aliphatic heterocycles. The molecular weight excluding hydrogens is 248 g/mol. The summed E-state index contributed by atoms with van der Waals surface area (Å²) < 4.78 is 0. The van der Waals surface area contributed by atoms with Gasteiger partial charge in [0.15, 0.2) is 0 Å². The van der Waals surface area contributed by atoms with Crippen molar-refractivity contribution in [3.8, 4) is 0 Å². The van der Waals surface area contributed by atoms with Crippen LogP contribution in [0.15, 0.2) is 42.5 Å². The molecule has 3 nitrogen and oxygen atoms in total. The van der Waals surface area contributed by atoms with E-state index < -0.39 is 0 Å². The minimum atomic E-state index is 0.112. The second-order valence-electron chi connectivity index (χ2n) is 5.24. The van der Waals surface area contributed by atoms with Crippen molar-refractivity contribution in [2.45, 2.75) is 25.8 Å². The van der Waals surface area contributed by atoms with E-state index in [1.54, 1.807) is 0 Å². The van der Waals surface area contributed by atoms with Crippen molar-refractivity contribution >= 4 is 11.6 Å². The van der Waals surface area contributed by atoms with Crippen molar-refractivity contribution in [3.05, 3.63) is 64.7 Å². The number of amides is 1. The maximum atomic E-state index is 11.3. The summed E-state index contributed by atoms with van der Waals surface area (Å²) in [4.78, 5) is 11.3. The summed E-state index contributed by atoms with van der Waals surface area (Å²) in [5, 5.41) is 2.91. The van der Waals surface area contributed by atoms with Gasteiger partial charge in [-0.2, -0.15) is 0 Å². The predicted octanol–water partition coefficient (Wildman–Crippen LogP) is 2.62. The van der Waals surface area contributed by atoms with Crippen LogP contribution in [0.4, 0.5) is 5.69 Å². The number of benzene rings is 2. The molecule has 1 amide bonds. The lowest BCUT2D eigenvalue weighted by atomic mass is 9.96. The van der Waals surface area contributed by atoms with Crippen LogP contribution in [-0.2, 0) is 24.2 Å². The first-order chi connectivity index (χ1) is 9.74. The van der Waals surface area contributed by atoms with Crippen LogP contribution < -0.4 is 11.1 Å². The topological polar surface area (TPSA) is 55.1 Å². The number of hydrogen-bond acceptors (Lipinski definition) is 2. The Morgan fingerprint density at radius 2 is 1.80 bits per heavy atom. The Hall–Kier alpha value is -2.13. The van der Waals surface area contributed by atoms with Gasteiger partial charge in [0.2, 0.25) is 5.91 Å². The quantitative estimate of drug-likeness (QED) is 0.897. The van der Waals surface area contributed by atoms with E-state index in [4.69, 9.17) is 5.73 Å². The summed E-state index contributed by atoms with van der Waals surface area (Å²) in [5.74, 6) is 0.112. The van der Waals surface area contributed by atoms with E-state index in [1.165, 1.54) is 16.7 Å². The standard InChI is InChI=1S/C17H18N2O/c18-11-14-3-1-2-12(9-14)8-13-4-6-16-15(10-13)5-7-17(20)19-16/h1-4,6,9-10H,5,7-8,11,18H2,(H,19,20). The van der Waals surface area contributed by atoms with Crippen molar-refractivity contribution in [1.82, 2.24) is 0 Å². The van der Waals surface area contributed by atoms with Gasteiger partial charge in [0.25, 0.3) is 0 Å². The van der Waals surface area contributed by atoms with Gasteiger partial charge in [-0.25, -0.2) is 0 Å². The average molecular weight is 266 g/mol. The van der Waals surface area contributed by atoms with E-state index in [9.17, 15) is 4.79 Å². The minimum Gasteiger partial charge on any atom is -0.326 e. The summed E-state index contributed by atoms with van der Waals surface area (Å²) in [7, 11) is 0. The first kappa shape index (κ1) is 12.9. The monoisotopic (exact) mass is 266 g/mol. The molecule has 1 aliphatic rings. The highest BCUT2D eigenvalue weighted by Gasteiger charge is 2.14. The van der Waals surface area contributed by atoms with Crippen LogP contribution in [0.3, 0.4) is 0 Å². The summed E-state index contributed by atoms with van der Waals surface area (Å²) in [6.45, 7) is 0.573. The van der Waals surface area contributed by atoms with Gasteiger partial charge in [-0.15, -0.1) is 0 Å². The second kappa shape index (κ2) is 5.47. The van der Waals surface area contributed by atoms with Gasteiger partial charge < -0.3 is 11.1 Å². The molecular formula is C17H18N2O. The zero-order valence-corrected chi connectivity index (χ0v) is 11.4. The third kappa shape index (κ3) is 2.73. The van der Waals surface area contributed by atoms with Gasteiger partial charge in [-0.05, 0) is 41.2 Å². The lowest BCUT2D eigenvalue weighted by Gasteiger charge is -2.17. The van der Waals surface area contributed by atoms with E-state index >= 15 is 0 Å². The van der Waals surface area contributed by atoms with Gasteiger partial charge >= 0.3 is 0 Å². The fourth-order valence-corrected chi connectivity index (χ4v) is 2.65. The SMILES string of the molecule is NCc1cccc(Cc2ccc3c(c2)CCC(=O)N3)c1. The van der Waals surface area contributed by atoms with Gasteiger partial charge in [0.1, 0.15) is 0 Å². The number of fused-ring (bicyclic) bond motifs is 1. The van der Waals surface area contributed by atoms with Crippen LogP contribution in [0.2, 0.25) is 0 Å². The maximum Gasteiger partial charge on any atom is 0.224 e. The van der Waals surface area contributed by atoms with Crippen LogP contribution in [-0.4, -0.2) is 5.91 Å². The van der Waals surface area contributed by atoms with Gasteiger partial charge in [-0.1, -0.05) is 36.4 Å². The zero-order chi connectivity index (χ0) is 13.9. The number of nitrogens with one attached hydrogen (secondary N) is 1. The first-order valence-electron chi connectivity index (χ1n) is 6.94. The van der Waals surface area contributed by atoms with Crippen LogP contribution in [0, 0.1) is 0 Å². The summed E-state index contributed by atoms with van der Waals surface area (Å²) in [5.41, 5.74) is 11.6. The van der Waals surface area contributed by atoms with E-state index in [-0.39, 0.29) is 5.91 Å². The summed E-state index contributed by atoms with van der Waals surface area (Å²) in [6, 6.07) is 14.7. The predicted molar refractivity (Wildman–Crippen MR) is 80.5 cm³/mol. The third-order valence-electron chi connectivity index (χ3n) is 3.70. The molecule has 0 bridgehead atoms. The number of carbonyl (C=O) groups excluding carboxylic acids is 1. The molecule has 0 unspecified atom stereocenters. The number of anilines is 1. The summed E-state index contributed by atoms with van der Waals surface area (Å²) >= 11 is 0. The van der Waals surface area contributed by atoms with Crippen molar-refractivity contribution in [1.29, 1.82) is 0 Å². The van der Waals surface area contributed by atoms with Gasteiger partial charge in [0, 0.05) is 18.7 Å². The number of carbonyl (C=O) groups is 1. The number of aryl methyl sites for hydroxylation is 1. The molecule has 0 spiro atoms. The Morgan fingerprint density at radius 3 is 2.65 bits per heavy atom. The molecule has 0 atom stereocenters. The highest BCUT2D eigenvalue weighted by Crippen LogP contribution is 2.24. The smallest absolute Gasteiger partial charge is 0.224 e. The molecule has 1 heterocycles. The Labute approximate surface area is 118 Å². The Morgan fingerprint density at radius 1 is 1.00 bits per heavy atom. The molecule has 0 saturated heterocycles. The molecule has 0 aliphatic carbocycles. The Bertz CT molecular complexity index is 649. The first-order valence-corrected chi connectivity index (χ1v) is 6.94. The second-order valence-corrected chi connectivity index (χ2v) is 5.24. The van der Waals surface area contributed by atoms with Crippen LogP contribution in [0.5, 0.6) is 0 Å². The highest BCUT2D eigenvalue weighted by atomic mass is 16.1. The number of nitrogens with two attached hydrogens (primary N) is 1. The number of rotatable bonds is 3. The van der Waals surface area contributed by atoms with Crippen molar-refractivity contribution < 1.29 is 4.79 Å². The molecule has 3 N–H and O–H groups in total. The van der Waals surface area contributed by atoms with Crippen molar-refractivity contribution in [2.24, 2.45) is 5.73 Å². The van der Waals surface area contributed by atoms with Crippen molar-refractivity contribution in [3.63, 3.8) is 0 Å². The molecule has 3 heteroatoms. The van der Waals surface area contributed by atoms with Crippen LogP contribution in [0.25, 0.3) is 0 Å². The van der Waals surface area contributed by atoms with E-state index in [2.05, 4.69) is 35.6 Å². The summed E-state index contributed by atoms with van der Waals surface area (Å²) in [6.07, 6.45) is 2.31. The van der Waals surface area contributed by atoms with E-state index in [0.717, 1.165) is 24.1 Å². The van der Waals surface area contributed by atoms with E-state index in [0.29, 0.717) is 13.0 Å². The molecule has 0 radical (unpaired) electrons.